The molecular formula is C29H42F2N6. The Morgan fingerprint density at radius 1 is 1.11 bits per heavy atom. The molecule has 0 aliphatic carbocycles. The molecule has 4 rings (SSSR count). The molecule has 0 spiro atoms. The van der Waals surface area contributed by atoms with E-state index in [9.17, 15) is 8.78 Å². The Balaban J connectivity index is 0.000000898. The zero-order valence-corrected chi connectivity index (χ0v) is 22.9. The molecule has 2 N–H and O–H groups in total. The molecule has 0 amide bonds. The number of amidine groups is 1. The van der Waals surface area contributed by atoms with E-state index in [0.29, 0.717) is 12.0 Å². The maximum absolute atomic E-state index is 14.5. The molecule has 2 aromatic rings. The van der Waals surface area contributed by atoms with E-state index in [2.05, 4.69) is 47.2 Å². The molecule has 8 heteroatoms. The number of halogens is 2. The van der Waals surface area contributed by atoms with Crippen LogP contribution in [0.3, 0.4) is 0 Å². The lowest BCUT2D eigenvalue weighted by Crippen LogP contribution is -2.40. The second-order valence-corrected chi connectivity index (χ2v) is 9.20. The highest BCUT2D eigenvalue weighted by atomic mass is 19.1. The van der Waals surface area contributed by atoms with Crippen LogP contribution >= 0.6 is 0 Å². The van der Waals surface area contributed by atoms with Crippen LogP contribution < -0.4 is 10.6 Å². The number of nitrogens with two attached hydrogens (primary N) is 1. The van der Waals surface area contributed by atoms with Crippen molar-refractivity contribution in [3.63, 3.8) is 0 Å². The summed E-state index contributed by atoms with van der Waals surface area (Å²) in [4.78, 5) is 17.7. The molecule has 2 saturated heterocycles. The van der Waals surface area contributed by atoms with Crippen LogP contribution in [-0.2, 0) is 0 Å². The molecule has 202 valence electrons. The van der Waals surface area contributed by atoms with Crippen LogP contribution in [0.2, 0.25) is 0 Å². The fraction of sp³-hybridized carbons (Fsp3) is 0.483. The Kier molecular flexibility index (Phi) is 12.4. The predicted molar refractivity (Wildman–Crippen MR) is 151 cm³/mol. The van der Waals surface area contributed by atoms with Crippen LogP contribution in [0, 0.1) is 18.6 Å². The molecule has 2 aliphatic rings. The van der Waals surface area contributed by atoms with Gasteiger partial charge in [0.2, 0.25) is 0 Å². The lowest BCUT2D eigenvalue weighted by Gasteiger charge is -2.39. The van der Waals surface area contributed by atoms with Crippen molar-refractivity contribution in [2.24, 2.45) is 15.7 Å². The third-order valence-electron chi connectivity index (χ3n) is 6.36. The van der Waals surface area contributed by atoms with Crippen LogP contribution in [0.25, 0.3) is 0 Å². The molecule has 3 heterocycles. The summed E-state index contributed by atoms with van der Waals surface area (Å²) < 4.78 is 27.9. The van der Waals surface area contributed by atoms with Gasteiger partial charge in [-0.3, -0.25) is 15.0 Å². The molecule has 2 aliphatic heterocycles. The van der Waals surface area contributed by atoms with Gasteiger partial charge in [0.25, 0.3) is 0 Å². The number of rotatable bonds is 4. The van der Waals surface area contributed by atoms with Crippen molar-refractivity contribution in [3.05, 3.63) is 71.2 Å². The Morgan fingerprint density at radius 3 is 2.38 bits per heavy atom. The number of likely N-dealkylation sites (N-methyl/N-ethyl adjacent to an activating group) is 1. The average Bonchev–Trinajstić information content (AvgIpc) is 2.89. The number of likely N-dealkylation sites (tertiary alicyclic amines) is 1. The van der Waals surface area contributed by atoms with Gasteiger partial charge in [-0.25, -0.2) is 8.78 Å². The number of aryl methyl sites for hydroxylation is 1. The van der Waals surface area contributed by atoms with Crippen LogP contribution in [0.5, 0.6) is 0 Å². The van der Waals surface area contributed by atoms with Gasteiger partial charge in [0.15, 0.2) is 0 Å². The van der Waals surface area contributed by atoms with Gasteiger partial charge >= 0.3 is 0 Å². The minimum absolute atomic E-state index is 0.177. The number of nitrogens with zero attached hydrogens (tertiary/aromatic N) is 5. The molecule has 0 radical (unpaired) electrons. The minimum Gasteiger partial charge on any atom is -0.371 e. The van der Waals surface area contributed by atoms with Gasteiger partial charge in [-0.2, -0.15) is 0 Å². The van der Waals surface area contributed by atoms with Gasteiger partial charge in [-0.05, 0) is 64.6 Å². The summed E-state index contributed by atoms with van der Waals surface area (Å²) >= 11 is 0. The van der Waals surface area contributed by atoms with Crippen molar-refractivity contribution in [1.29, 1.82) is 0 Å². The van der Waals surface area contributed by atoms with Crippen LogP contribution in [0.4, 0.5) is 14.5 Å². The quantitative estimate of drug-likeness (QED) is 0.504. The Bertz CT molecular complexity index is 1060. The van der Waals surface area contributed by atoms with Gasteiger partial charge in [-0.15, -0.1) is 0 Å². The number of hydrogen-bond acceptors (Lipinski definition) is 5. The predicted octanol–water partition coefficient (Wildman–Crippen LogP) is 6.08. The van der Waals surface area contributed by atoms with E-state index in [-0.39, 0.29) is 12.1 Å². The van der Waals surface area contributed by atoms with Crippen LogP contribution in [0.15, 0.2) is 58.3 Å². The molecular weight excluding hydrogens is 470 g/mol. The largest absolute Gasteiger partial charge is 0.371 e. The molecule has 37 heavy (non-hydrogen) atoms. The van der Waals surface area contributed by atoms with Gasteiger partial charge in [-0.1, -0.05) is 26.3 Å². The van der Waals surface area contributed by atoms with E-state index < -0.39 is 11.6 Å². The summed E-state index contributed by atoms with van der Waals surface area (Å²) in [6, 6.07) is 7.95. The molecule has 1 aromatic carbocycles. The van der Waals surface area contributed by atoms with E-state index in [4.69, 9.17) is 4.99 Å². The van der Waals surface area contributed by atoms with Crippen molar-refractivity contribution in [2.75, 3.05) is 32.1 Å². The first-order chi connectivity index (χ1) is 17.9. The molecule has 6 nitrogen and oxygen atoms in total. The summed E-state index contributed by atoms with van der Waals surface area (Å²) in [5.41, 5.74) is 8.21. The lowest BCUT2D eigenvalue weighted by atomic mass is 9.91. The second kappa shape index (κ2) is 15.2. The monoisotopic (exact) mass is 512 g/mol. The number of anilines is 1. The lowest BCUT2D eigenvalue weighted by molar-refractivity contribution is 0.321. The maximum atomic E-state index is 14.5. The first-order valence-electron chi connectivity index (χ1n) is 13.0. The summed E-state index contributed by atoms with van der Waals surface area (Å²) in [5, 5.41) is 0. The average molecular weight is 513 g/mol. The Morgan fingerprint density at radius 2 is 1.78 bits per heavy atom. The zero-order chi connectivity index (χ0) is 27.4. The molecule has 1 unspecified atom stereocenters. The van der Waals surface area contributed by atoms with Crippen molar-refractivity contribution < 1.29 is 8.78 Å². The number of hydrogen-bond donors (Lipinski definition) is 1. The third-order valence-corrected chi connectivity index (χ3v) is 6.36. The minimum atomic E-state index is -0.564. The van der Waals surface area contributed by atoms with E-state index in [1.54, 1.807) is 12.3 Å². The SMILES string of the molecule is C=N/C=C1/CCC(c2ccc(F)cc2F)N(C)C1=NC1CCN(c2ccnc(C)c2)CC1.CCC.CN. The molecule has 2 fully saturated rings. The summed E-state index contributed by atoms with van der Waals surface area (Å²) in [5.74, 6) is -0.252. The fourth-order valence-electron chi connectivity index (χ4n) is 4.67. The fourth-order valence-corrected chi connectivity index (χ4v) is 4.67. The topological polar surface area (TPSA) is 70.1 Å². The van der Waals surface area contributed by atoms with Crippen LogP contribution in [-0.4, -0.2) is 55.7 Å². The first-order valence-corrected chi connectivity index (χ1v) is 13.0. The molecule has 0 bridgehead atoms. The second-order valence-electron chi connectivity index (χ2n) is 9.20. The molecule has 1 atom stereocenters. The van der Waals surface area contributed by atoms with Gasteiger partial charge < -0.3 is 15.5 Å². The standard InChI is InChI=1S/C25H29F2N5.C3H8.CH5N/c1-17-14-21(8-11-29-17)32-12-9-20(10-13-32)30-25-18(16-28-2)4-7-24(31(25)3)22-6-5-19(26)15-23(22)27;1-3-2;1-2/h5-6,8,11,14-16,20,24H,2,4,7,9-10,12-13H2,1,3H3;3H2,1-2H3;2H2,1H3/b18-16-,30-25?;;. The van der Waals surface area contributed by atoms with Crippen LogP contribution in [0.1, 0.15) is 63.3 Å². The van der Waals surface area contributed by atoms with Crippen molar-refractivity contribution in [1.82, 2.24) is 9.88 Å². The molecule has 0 saturated carbocycles. The van der Waals surface area contributed by atoms with Gasteiger partial charge in [0.1, 0.15) is 17.5 Å². The van der Waals surface area contributed by atoms with Crippen molar-refractivity contribution >= 4 is 18.2 Å². The number of aromatic nitrogens is 1. The summed E-state index contributed by atoms with van der Waals surface area (Å²) in [6.45, 7) is 11.7. The summed E-state index contributed by atoms with van der Waals surface area (Å²) in [7, 11) is 3.43. The number of piperidine rings is 2. The van der Waals surface area contributed by atoms with Crippen molar-refractivity contribution in [2.45, 2.75) is 65.0 Å². The zero-order valence-electron chi connectivity index (χ0n) is 22.9. The van der Waals surface area contributed by atoms with E-state index in [0.717, 1.165) is 55.5 Å². The van der Waals surface area contributed by atoms with E-state index in [1.165, 1.54) is 25.2 Å². The normalized spacial score (nSPS) is 20.2. The number of aliphatic imine (C=N–C) groups is 2. The van der Waals surface area contributed by atoms with E-state index >= 15 is 0 Å². The van der Waals surface area contributed by atoms with Gasteiger partial charge in [0.05, 0.1) is 12.1 Å². The smallest absolute Gasteiger partial charge is 0.131 e. The van der Waals surface area contributed by atoms with E-state index in [1.807, 2.05) is 31.1 Å². The highest BCUT2D eigenvalue weighted by molar-refractivity contribution is 5.99. The van der Waals surface area contributed by atoms with Crippen molar-refractivity contribution in [3.8, 4) is 0 Å². The Labute approximate surface area is 221 Å². The van der Waals surface area contributed by atoms with Gasteiger partial charge in [0, 0.05) is 61.1 Å². The number of pyridine rings is 1. The Hall–Kier alpha value is -3.13. The first kappa shape index (κ1) is 30.1. The molecule has 1 aromatic heterocycles. The highest BCUT2D eigenvalue weighted by Gasteiger charge is 2.31. The summed E-state index contributed by atoms with van der Waals surface area (Å²) in [6.07, 6.45) is 8.15. The third kappa shape index (κ3) is 8.18. The number of benzene rings is 1. The maximum Gasteiger partial charge on any atom is 0.131 e. The highest BCUT2D eigenvalue weighted by Crippen LogP contribution is 2.35.